The van der Waals surface area contributed by atoms with Gasteiger partial charge in [-0.05, 0) is 0 Å². The predicted octanol–water partition coefficient (Wildman–Crippen LogP) is -1.54. The standard InChI is InChI=1S/C7H13N3O2/c1-9(2)7(12)4-10-5-8-3-6(10)11/h8H,3-5H2,1-2H3. The van der Waals surface area contributed by atoms with E-state index in [1.54, 1.807) is 14.1 Å². The SMILES string of the molecule is CN(C)C(=O)CN1CNCC1=O. The molecule has 0 unspecified atom stereocenters. The van der Waals surface area contributed by atoms with Gasteiger partial charge >= 0.3 is 0 Å². The first kappa shape index (κ1) is 8.99. The Bertz CT molecular complexity index is 203. The maximum absolute atomic E-state index is 11.1. The van der Waals surface area contributed by atoms with Crippen LogP contribution in [-0.2, 0) is 9.59 Å². The second-order valence-corrected chi connectivity index (χ2v) is 2.96. The zero-order chi connectivity index (χ0) is 9.14. The summed E-state index contributed by atoms with van der Waals surface area (Å²) in [5.74, 6) is -0.0581. The summed E-state index contributed by atoms with van der Waals surface area (Å²) in [5.41, 5.74) is 0. The van der Waals surface area contributed by atoms with Crippen molar-refractivity contribution in [1.82, 2.24) is 15.1 Å². The Labute approximate surface area is 71.3 Å². The molecule has 5 nitrogen and oxygen atoms in total. The maximum atomic E-state index is 11.1. The zero-order valence-electron chi connectivity index (χ0n) is 7.33. The summed E-state index contributed by atoms with van der Waals surface area (Å²) in [5, 5.41) is 2.87. The molecular formula is C7H13N3O2. The Kier molecular flexibility index (Phi) is 2.65. The Hall–Kier alpha value is -1.10. The lowest BCUT2D eigenvalue weighted by Gasteiger charge is -2.17. The van der Waals surface area contributed by atoms with Gasteiger partial charge in [0.1, 0.15) is 6.54 Å². The molecule has 1 heterocycles. The average molecular weight is 171 g/mol. The van der Waals surface area contributed by atoms with Crippen molar-refractivity contribution in [3.05, 3.63) is 0 Å². The van der Waals surface area contributed by atoms with E-state index in [0.717, 1.165) is 0 Å². The molecule has 0 aliphatic carbocycles. The summed E-state index contributed by atoms with van der Waals surface area (Å²) in [6.45, 7) is 1.01. The molecule has 5 heteroatoms. The van der Waals surface area contributed by atoms with Crippen molar-refractivity contribution in [3.63, 3.8) is 0 Å². The molecule has 0 atom stereocenters. The highest BCUT2D eigenvalue weighted by Crippen LogP contribution is 1.95. The fraction of sp³-hybridized carbons (Fsp3) is 0.714. The third-order valence-corrected chi connectivity index (χ3v) is 1.76. The molecule has 1 rings (SSSR count). The molecule has 1 fully saturated rings. The van der Waals surface area contributed by atoms with Crippen LogP contribution in [0.25, 0.3) is 0 Å². The van der Waals surface area contributed by atoms with Gasteiger partial charge in [0.05, 0.1) is 13.2 Å². The van der Waals surface area contributed by atoms with Crippen molar-refractivity contribution in [2.45, 2.75) is 0 Å². The highest BCUT2D eigenvalue weighted by Gasteiger charge is 2.22. The van der Waals surface area contributed by atoms with Crippen LogP contribution in [0.2, 0.25) is 0 Å². The molecule has 1 saturated heterocycles. The first-order valence-corrected chi connectivity index (χ1v) is 3.80. The highest BCUT2D eigenvalue weighted by atomic mass is 16.2. The number of hydrogen-bond acceptors (Lipinski definition) is 3. The third kappa shape index (κ3) is 1.94. The smallest absolute Gasteiger partial charge is 0.241 e. The van der Waals surface area contributed by atoms with Gasteiger partial charge in [-0.25, -0.2) is 0 Å². The summed E-state index contributed by atoms with van der Waals surface area (Å²) >= 11 is 0. The quantitative estimate of drug-likeness (QED) is 0.548. The molecular weight excluding hydrogens is 158 g/mol. The van der Waals surface area contributed by atoms with E-state index >= 15 is 0 Å². The minimum absolute atomic E-state index is 0.00907. The van der Waals surface area contributed by atoms with Gasteiger partial charge in [0.15, 0.2) is 0 Å². The van der Waals surface area contributed by atoms with Crippen LogP contribution >= 0.6 is 0 Å². The van der Waals surface area contributed by atoms with Crippen LogP contribution in [0.1, 0.15) is 0 Å². The average Bonchev–Trinajstić information content (AvgIpc) is 2.36. The molecule has 1 aliphatic rings. The number of hydrogen-bond donors (Lipinski definition) is 1. The Morgan fingerprint density at radius 2 is 2.33 bits per heavy atom. The van der Waals surface area contributed by atoms with E-state index in [-0.39, 0.29) is 18.4 Å². The van der Waals surface area contributed by atoms with Gasteiger partial charge in [-0.2, -0.15) is 0 Å². The normalized spacial score (nSPS) is 16.8. The minimum Gasteiger partial charge on any atom is -0.347 e. The lowest BCUT2D eigenvalue weighted by molar-refractivity contribution is -0.136. The van der Waals surface area contributed by atoms with E-state index < -0.39 is 0 Å². The van der Waals surface area contributed by atoms with Crippen LogP contribution < -0.4 is 5.32 Å². The molecule has 68 valence electrons. The predicted molar refractivity (Wildman–Crippen MR) is 43.3 cm³/mol. The van der Waals surface area contributed by atoms with Gasteiger partial charge in [-0.1, -0.05) is 0 Å². The van der Waals surface area contributed by atoms with Gasteiger partial charge in [0.2, 0.25) is 11.8 Å². The van der Waals surface area contributed by atoms with Crippen LogP contribution in [0.5, 0.6) is 0 Å². The van der Waals surface area contributed by atoms with Gasteiger partial charge in [0.25, 0.3) is 0 Å². The number of carbonyl (C=O) groups is 2. The van der Waals surface area contributed by atoms with E-state index in [1.165, 1.54) is 9.80 Å². The van der Waals surface area contributed by atoms with Crippen LogP contribution in [0.15, 0.2) is 0 Å². The van der Waals surface area contributed by atoms with Crippen LogP contribution in [0.3, 0.4) is 0 Å². The van der Waals surface area contributed by atoms with E-state index in [4.69, 9.17) is 0 Å². The molecule has 12 heavy (non-hydrogen) atoms. The molecule has 0 aromatic heterocycles. The van der Waals surface area contributed by atoms with E-state index in [9.17, 15) is 9.59 Å². The Morgan fingerprint density at radius 1 is 1.67 bits per heavy atom. The van der Waals surface area contributed by atoms with Crippen LogP contribution in [0, 0.1) is 0 Å². The maximum Gasteiger partial charge on any atom is 0.241 e. The molecule has 0 spiro atoms. The third-order valence-electron chi connectivity index (χ3n) is 1.76. The molecule has 0 bridgehead atoms. The molecule has 0 aromatic carbocycles. The second kappa shape index (κ2) is 3.53. The summed E-state index contributed by atoms with van der Waals surface area (Å²) in [6, 6.07) is 0. The summed E-state index contributed by atoms with van der Waals surface area (Å²) in [4.78, 5) is 25.2. The van der Waals surface area contributed by atoms with Crippen molar-refractivity contribution in [1.29, 1.82) is 0 Å². The number of nitrogens with one attached hydrogen (secondary N) is 1. The van der Waals surface area contributed by atoms with Crippen molar-refractivity contribution >= 4 is 11.8 Å². The molecule has 0 aromatic rings. The minimum atomic E-state index is -0.0490. The van der Waals surface area contributed by atoms with Gasteiger partial charge in [-0.15, -0.1) is 0 Å². The number of nitrogens with zero attached hydrogens (tertiary/aromatic N) is 2. The second-order valence-electron chi connectivity index (χ2n) is 2.96. The lowest BCUT2D eigenvalue weighted by Crippen LogP contribution is -2.37. The van der Waals surface area contributed by atoms with Gasteiger partial charge < -0.3 is 9.80 Å². The largest absolute Gasteiger partial charge is 0.347 e. The van der Waals surface area contributed by atoms with Crippen molar-refractivity contribution in [2.75, 3.05) is 33.9 Å². The topological polar surface area (TPSA) is 52.7 Å². The molecule has 1 aliphatic heterocycles. The summed E-state index contributed by atoms with van der Waals surface area (Å²) < 4.78 is 0. The lowest BCUT2D eigenvalue weighted by atomic mass is 10.5. The fourth-order valence-electron chi connectivity index (χ4n) is 0.947. The Morgan fingerprint density at radius 3 is 2.75 bits per heavy atom. The monoisotopic (exact) mass is 171 g/mol. The number of rotatable bonds is 2. The van der Waals surface area contributed by atoms with E-state index in [1.807, 2.05) is 0 Å². The fourth-order valence-corrected chi connectivity index (χ4v) is 0.947. The molecule has 0 radical (unpaired) electrons. The number of carbonyl (C=O) groups excluding carboxylic acids is 2. The van der Waals surface area contributed by atoms with Crippen LogP contribution in [-0.4, -0.2) is 55.5 Å². The molecule has 0 saturated carbocycles. The van der Waals surface area contributed by atoms with Crippen LogP contribution in [0.4, 0.5) is 0 Å². The molecule has 2 amide bonds. The van der Waals surface area contributed by atoms with Crippen molar-refractivity contribution in [2.24, 2.45) is 0 Å². The van der Waals surface area contributed by atoms with Crippen molar-refractivity contribution < 1.29 is 9.59 Å². The highest BCUT2D eigenvalue weighted by molar-refractivity contribution is 5.86. The van der Waals surface area contributed by atoms with Gasteiger partial charge in [-0.3, -0.25) is 14.9 Å². The van der Waals surface area contributed by atoms with Crippen molar-refractivity contribution in [3.8, 4) is 0 Å². The molecule has 1 N–H and O–H groups in total. The first-order valence-electron chi connectivity index (χ1n) is 3.80. The Balaban J connectivity index is 2.40. The van der Waals surface area contributed by atoms with E-state index in [2.05, 4.69) is 5.32 Å². The summed E-state index contributed by atoms with van der Waals surface area (Å²) in [7, 11) is 3.35. The number of amides is 2. The summed E-state index contributed by atoms with van der Waals surface area (Å²) in [6.07, 6.45) is 0. The zero-order valence-corrected chi connectivity index (χ0v) is 7.33. The van der Waals surface area contributed by atoms with Gasteiger partial charge in [0, 0.05) is 14.1 Å². The first-order chi connectivity index (χ1) is 5.61. The number of likely N-dealkylation sites (N-methyl/N-ethyl adjacent to an activating group) is 1. The van der Waals surface area contributed by atoms with E-state index in [0.29, 0.717) is 13.2 Å².